The second-order valence-electron chi connectivity index (χ2n) is 30.5. The predicted molar refractivity (Wildman–Crippen MR) is 457 cm³/mol. The third-order valence-electron chi connectivity index (χ3n) is 22.5. The Balaban J connectivity index is 0.000000307. The van der Waals surface area contributed by atoms with Gasteiger partial charge in [-0.2, -0.15) is 0 Å². The van der Waals surface area contributed by atoms with Gasteiger partial charge in [-0.3, -0.25) is 28.8 Å². The van der Waals surface area contributed by atoms with Gasteiger partial charge in [-0.15, -0.1) is 24.0 Å². The number of hydrogen-bond donors (Lipinski definition) is 2. The first-order chi connectivity index (χ1) is 55.4. The van der Waals surface area contributed by atoms with Crippen molar-refractivity contribution in [2.45, 2.75) is 234 Å². The van der Waals surface area contributed by atoms with Crippen molar-refractivity contribution in [3.8, 4) is 0 Å². The molecule has 10 rings (SSSR count). The van der Waals surface area contributed by atoms with E-state index >= 15 is 0 Å². The Kier molecular flexibility index (Phi) is 47.9. The van der Waals surface area contributed by atoms with Crippen molar-refractivity contribution in [2.75, 3.05) is 75.2 Å². The summed E-state index contributed by atoms with van der Waals surface area (Å²) in [4.78, 5) is 120. The van der Waals surface area contributed by atoms with Crippen LogP contribution >= 0.6 is 24.0 Å². The van der Waals surface area contributed by atoms with Crippen molar-refractivity contribution in [2.24, 2.45) is 29.6 Å². The Morgan fingerprint density at radius 1 is 0.448 bits per heavy atom. The first-order valence-corrected chi connectivity index (χ1v) is 41.1. The van der Waals surface area contributed by atoms with Crippen LogP contribution in [0, 0.1) is 64.2 Å². The Hall–Kier alpha value is -8.75. The fourth-order valence-electron chi connectivity index (χ4n) is 15.1. The number of rotatable bonds is 36. The summed E-state index contributed by atoms with van der Waals surface area (Å²) in [6.45, 7) is 20.4. The van der Waals surface area contributed by atoms with Gasteiger partial charge < -0.3 is 53.3 Å². The minimum absolute atomic E-state index is 0. The van der Waals surface area contributed by atoms with E-state index in [-0.39, 0.29) is 116 Å². The van der Waals surface area contributed by atoms with E-state index in [0.717, 1.165) is 74.8 Å². The largest absolute Gasteiger partial charge is 0.469 e. The smallest absolute Gasteiger partial charge is 0.416 e. The highest BCUT2D eigenvalue weighted by molar-refractivity contribution is 14.0. The summed E-state index contributed by atoms with van der Waals surface area (Å²) >= 11 is 0. The molecule has 0 aromatic heterocycles. The second kappa shape index (κ2) is 55.8. The number of methoxy groups -OCH3 is 5. The average Bonchev–Trinajstić information content (AvgIpc) is 1.17. The van der Waals surface area contributed by atoms with E-state index in [0.29, 0.717) is 127 Å². The number of amides is 6. The highest BCUT2D eigenvalue weighted by Crippen LogP contribution is 2.44. The van der Waals surface area contributed by atoms with E-state index < -0.39 is 12.2 Å². The molecule has 6 amide bonds. The fourth-order valence-corrected chi connectivity index (χ4v) is 15.1. The molecule has 0 bridgehead atoms. The van der Waals surface area contributed by atoms with Crippen molar-refractivity contribution in [1.29, 1.82) is 0 Å². The van der Waals surface area contributed by atoms with Crippen molar-refractivity contribution < 1.29 is 90.6 Å². The molecule has 1 aliphatic carbocycles. The zero-order chi connectivity index (χ0) is 84.0. The molecular weight excluding hydrogens is 1590 g/mol. The zero-order valence-electron chi connectivity index (χ0n) is 71.0. The van der Waals surface area contributed by atoms with Crippen molar-refractivity contribution in [3.05, 3.63) is 177 Å². The number of halogens is 1. The van der Waals surface area contributed by atoms with Gasteiger partial charge in [-0.1, -0.05) is 155 Å². The SMILES string of the molecule is CCCCC(=O)OC.COC(=O)CCCC(CCC(=O)CCc1c(C)c(C)c(C)c(C)c1C)C1CCC(C)C1C.COCCCC(CCCC(=O)OC)C(=O)N1C(=O)OCC1Cc1ccccc1.COCCCCC(=O)N1C(=O)OCC1Cc1ccccc1.I.O=C1N[C@@H](Cc2ccccc2)CO1.O=C1N[C@H](Cc2ccccc2)CO1. The standard InChI is InChI=1S/C29H46O3.C21H29NO6.C16H21NO4.2C10H11NO2.C6H12O2.HI/c1-18-12-16-28(19(18)2)25(10-9-11-29(31)32-8)13-14-26(30)15-17-27-23(6)21(4)20(3)22(5)24(27)7;1-26-13-7-11-17(10-6-12-19(23)27-2)20(24)22-18(15-28-21(22)25)14-16-8-4-3-5-9-16;1-20-10-6-5-9-15(18)17-14(12-21-16(17)19)11-13-7-3-2-4-8-13;2*12-10-11-9(7-13-10)6-8-4-2-1-3-5-8;1-3-4-5-6(7)8-2;/h18-19,25,28H,9-17H2,1-8H3;3-5,8-9,17-18H,6-7,10-15H2,1-2H3;2-4,7-8,14H,5-6,9-12H2,1H3;2*1-5,9H,6-7H2,(H,11,12);3-5H2,1-2H3;1H/t;;;2*9-;;/m...10../s1. The van der Waals surface area contributed by atoms with Gasteiger partial charge in [0, 0.05) is 71.9 Å². The van der Waals surface area contributed by atoms with Crippen molar-refractivity contribution in [3.63, 3.8) is 0 Å². The molecule has 116 heavy (non-hydrogen) atoms. The molecule has 640 valence electrons. The van der Waals surface area contributed by atoms with Crippen LogP contribution < -0.4 is 10.6 Å². The molecule has 5 aromatic rings. The molecule has 24 heteroatoms. The Bertz CT molecular complexity index is 3680. The number of alkyl carbamates (subject to hydrolysis) is 2. The monoisotopic (exact) mass is 1720 g/mol. The fraction of sp³-hybridized carbons (Fsp3) is 0.565. The number of nitrogens with one attached hydrogen (secondary N) is 2. The minimum Gasteiger partial charge on any atom is -0.469 e. The van der Waals surface area contributed by atoms with Gasteiger partial charge in [0.05, 0.1) is 45.5 Å². The van der Waals surface area contributed by atoms with Crippen LogP contribution in [0.2, 0.25) is 0 Å². The number of benzene rings is 5. The average molecular weight is 1720 g/mol. The van der Waals surface area contributed by atoms with E-state index in [1.165, 1.54) is 88.5 Å². The number of cyclic esters (lactones) is 4. The number of unbranched alkanes of at least 4 members (excludes halogenated alkanes) is 2. The predicted octanol–water partition coefficient (Wildman–Crippen LogP) is 17.2. The van der Waals surface area contributed by atoms with Gasteiger partial charge >= 0.3 is 42.3 Å². The summed E-state index contributed by atoms with van der Waals surface area (Å²) < 4.78 is 43.7. The molecule has 0 spiro atoms. The number of carbonyl (C=O) groups excluding carboxylic acids is 10. The summed E-state index contributed by atoms with van der Waals surface area (Å²) in [5.41, 5.74) is 12.8. The Labute approximate surface area is 706 Å². The highest BCUT2D eigenvalue weighted by Gasteiger charge is 2.41. The number of imide groups is 2. The lowest BCUT2D eigenvalue weighted by atomic mass is 9.77. The second-order valence-corrected chi connectivity index (χ2v) is 30.5. The van der Waals surface area contributed by atoms with E-state index in [2.05, 4.69) is 68.6 Å². The molecule has 4 saturated heterocycles. The lowest BCUT2D eigenvalue weighted by molar-refractivity contribution is -0.141. The van der Waals surface area contributed by atoms with Gasteiger partial charge in [0.25, 0.3) is 0 Å². The normalized spacial score (nSPS) is 18.6. The molecule has 4 heterocycles. The minimum atomic E-state index is -0.587. The summed E-state index contributed by atoms with van der Waals surface area (Å²) in [7, 11) is 7.47. The Morgan fingerprint density at radius 3 is 1.28 bits per heavy atom. The lowest BCUT2D eigenvalue weighted by Gasteiger charge is -2.28. The lowest BCUT2D eigenvalue weighted by Crippen LogP contribution is -2.43. The number of nitrogens with zero attached hydrogens (tertiary/aromatic N) is 2. The quantitative estimate of drug-likeness (QED) is 0.0163. The van der Waals surface area contributed by atoms with Gasteiger partial charge in [-0.25, -0.2) is 29.0 Å². The van der Waals surface area contributed by atoms with Crippen LogP contribution in [0.5, 0.6) is 0 Å². The van der Waals surface area contributed by atoms with Gasteiger partial charge in [0.15, 0.2) is 0 Å². The topological polar surface area (TPSA) is 284 Å². The maximum atomic E-state index is 13.2. The van der Waals surface area contributed by atoms with Crippen LogP contribution in [-0.4, -0.2) is 169 Å². The number of ether oxygens (including phenoxy) is 9. The number of ketones is 1. The maximum absolute atomic E-state index is 13.2. The summed E-state index contributed by atoms with van der Waals surface area (Å²) in [5.74, 6) is 1.80. The van der Waals surface area contributed by atoms with Gasteiger partial charge in [-0.05, 0) is 217 Å². The number of Topliss-reactive ketones (excluding diaryl/α,β-unsaturated/α-hetero) is 1. The summed E-state index contributed by atoms with van der Waals surface area (Å²) in [5, 5.41) is 5.48. The van der Waals surface area contributed by atoms with Crippen molar-refractivity contribution >= 4 is 83.9 Å². The third kappa shape index (κ3) is 35.6. The van der Waals surface area contributed by atoms with E-state index in [4.69, 9.17) is 33.2 Å². The zero-order valence-corrected chi connectivity index (χ0v) is 73.3. The van der Waals surface area contributed by atoms with Crippen LogP contribution in [0.15, 0.2) is 121 Å². The van der Waals surface area contributed by atoms with Gasteiger partial charge in [0.1, 0.15) is 32.2 Å². The molecule has 23 nitrogen and oxygen atoms in total. The van der Waals surface area contributed by atoms with E-state index in [9.17, 15) is 47.9 Å². The molecule has 0 radical (unpaired) electrons. The van der Waals surface area contributed by atoms with Crippen LogP contribution in [-0.2, 0) is 104 Å². The third-order valence-corrected chi connectivity index (χ3v) is 22.5. The van der Waals surface area contributed by atoms with Crippen LogP contribution in [0.3, 0.4) is 0 Å². The highest BCUT2D eigenvalue weighted by atomic mass is 127. The van der Waals surface area contributed by atoms with Gasteiger partial charge in [0.2, 0.25) is 11.8 Å². The number of esters is 3. The first kappa shape index (κ1) is 99.6. The van der Waals surface area contributed by atoms with Crippen molar-refractivity contribution in [1.82, 2.24) is 20.4 Å². The van der Waals surface area contributed by atoms with E-state index in [1.54, 1.807) is 14.2 Å². The molecule has 5 aliphatic rings. The molecular formula is C92H131IN4O19. The molecule has 1 saturated carbocycles. The maximum Gasteiger partial charge on any atom is 0.416 e. The number of hydrogen-bond acceptors (Lipinski definition) is 19. The van der Waals surface area contributed by atoms with Crippen LogP contribution in [0.25, 0.3) is 0 Å². The van der Waals surface area contributed by atoms with Crippen LogP contribution in [0.1, 0.15) is 198 Å². The Morgan fingerprint density at radius 2 is 0.862 bits per heavy atom. The summed E-state index contributed by atoms with van der Waals surface area (Å²) in [6, 6.07) is 39.4. The van der Waals surface area contributed by atoms with Crippen LogP contribution in [0.4, 0.5) is 19.2 Å². The molecule has 9 atom stereocenters. The molecule has 2 N–H and O–H groups in total. The molecule has 5 aromatic carbocycles. The summed E-state index contributed by atoms with van der Waals surface area (Å²) in [6.07, 6.45) is 16.2. The van der Waals surface area contributed by atoms with E-state index in [1.807, 2.05) is 128 Å². The number of carbonyl (C=O) groups is 10. The molecule has 4 aliphatic heterocycles. The molecule has 7 unspecified atom stereocenters. The first-order valence-electron chi connectivity index (χ1n) is 41.1. The molecule has 5 fully saturated rings.